The van der Waals surface area contributed by atoms with Gasteiger partial charge in [0.25, 0.3) is 0 Å². The Morgan fingerprint density at radius 2 is 2.00 bits per heavy atom. The van der Waals surface area contributed by atoms with E-state index in [0.29, 0.717) is 18.6 Å². The molecule has 3 rings (SSSR count). The predicted octanol–water partition coefficient (Wildman–Crippen LogP) is 2.12. The molecule has 2 N–H and O–H groups in total. The minimum absolute atomic E-state index is 0.297. The summed E-state index contributed by atoms with van der Waals surface area (Å²) in [6.07, 6.45) is 6.19. The van der Waals surface area contributed by atoms with E-state index in [1.54, 1.807) is 0 Å². The first-order valence-corrected chi connectivity index (χ1v) is 8.89. The van der Waals surface area contributed by atoms with Gasteiger partial charge in [-0.05, 0) is 65.3 Å². The van der Waals surface area contributed by atoms with E-state index in [4.69, 9.17) is 4.74 Å². The van der Waals surface area contributed by atoms with Gasteiger partial charge in [0.15, 0.2) is 0 Å². The average Bonchev–Trinajstić information content (AvgIpc) is 3.02. The molecular formula is C17H31N3O2. The molecule has 0 aromatic rings. The van der Waals surface area contributed by atoms with Crippen LogP contribution in [0.2, 0.25) is 0 Å². The maximum atomic E-state index is 11.9. The lowest BCUT2D eigenvalue weighted by atomic mass is 10.0. The summed E-state index contributed by atoms with van der Waals surface area (Å²) in [5, 5.41) is 6.81. The minimum atomic E-state index is -0.428. The molecule has 1 aliphatic carbocycles. The van der Waals surface area contributed by atoms with Crippen molar-refractivity contribution in [2.75, 3.05) is 19.6 Å². The zero-order valence-corrected chi connectivity index (χ0v) is 14.2. The van der Waals surface area contributed by atoms with Crippen LogP contribution in [0.4, 0.5) is 4.79 Å². The highest BCUT2D eigenvalue weighted by Gasteiger charge is 2.40. The largest absolute Gasteiger partial charge is 0.444 e. The van der Waals surface area contributed by atoms with Crippen molar-refractivity contribution in [3.8, 4) is 0 Å². The van der Waals surface area contributed by atoms with Crippen molar-refractivity contribution in [2.24, 2.45) is 5.92 Å². The maximum absolute atomic E-state index is 11.9. The lowest BCUT2D eigenvalue weighted by Gasteiger charge is -2.28. The Kier molecular flexibility index (Phi) is 4.64. The fraction of sp³-hybridized carbons (Fsp3) is 0.941. The van der Waals surface area contributed by atoms with Gasteiger partial charge in [0.2, 0.25) is 0 Å². The molecule has 5 heteroatoms. The Morgan fingerprint density at radius 1 is 1.23 bits per heavy atom. The van der Waals surface area contributed by atoms with Crippen molar-refractivity contribution < 1.29 is 9.53 Å². The van der Waals surface area contributed by atoms with Crippen LogP contribution in [0.3, 0.4) is 0 Å². The van der Waals surface area contributed by atoms with Crippen molar-refractivity contribution >= 4 is 6.09 Å². The van der Waals surface area contributed by atoms with Crippen LogP contribution in [-0.4, -0.2) is 54.4 Å². The Labute approximate surface area is 134 Å². The van der Waals surface area contributed by atoms with Gasteiger partial charge in [-0.3, -0.25) is 4.90 Å². The van der Waals surface area contributed by atoms with Gasteiger partial charge in [-0.1, -0.05) is 0 Å². The number of nitrogens with zero attached hydrogens (tertiary/aromatic N) is 1. The predicted molar refractivity (Wildman–Crippen MR) is 86.9 cm³/mol. The molecule has 0 aromatic heterocycles. The Balaban J connectivity index is 1.47. The van der Waals surface area contributed by atoms with E-state index in [2.05, 4.69) is 15.5 Å². The number of hydrogen-bond acceptors (Lipinski definition) is 4. The van der Waals surface area contributed by atoms with E-state index >= 15 is 0 Å². The van der Waals surface area contributed by atoms with Gasteiger partial charge in [0.05, 0.1) is 0 Å². The Bertz CT molecular complexity index is 403. The van der Waals surface area contributed by atoms with Crippen LogP contribution in [-0.2, 0) is 4.74 Å². The topological polar surface area (TPSA) is 53.6 Å². The SMILES string of the molecule is CC(C)(C)OC(=O)NCC(NC1CCN2CCCC12)C1CC1. The minimum Gasteiger partial charge on any atom is -0.444 e. The third-order valence-electron chi connectivity index (χ3n) is 5.09. The summed E-state index contributed by atoms with van der Waals surface area (Å²) in [6, 6.07) is 1.73. The molecule has 2 saturated heterocycles. The smallest absolute Gasteiger partial charge is 0.407 e. The number of carbonyl (C=O) groups excluding carboxylic acids is 1. The van der Waals surface area contributed by atoms with Gasteiger partial charge >= 0.3 is 6.09 Å². The molecule has 1 amide bonds. The molecule has 3 atom stereocenters. The Morgan fingerprint density at radius 3 is 2.68 bits per heavy atom. The van der Waals surface area contributed by atoms with Gasteiger partial charge in [-0.25, -0.2) is 4.79 Å². The van der Waals surface area contributed by atoms with Crippen molar-refractivity contribution in [3.63, 3.8) is 0 Å². The number of alkyl carbamates (subject to hydrolysis) is 1. The number of carbonyl (C=O) groups is 1. The van der Waals surface area contributed by atoms with Gasteiger partial charge in [-0.15, -0.1) is 0 Å². The van der Waals surface area contributed by atoms with Crippen molar-refractivity contribution in [3.05, 3.63) is 0 Å². The molecule has 126 valence electrons. The summed E-state index contributed by atoms with van der Waals surface area (Å²) in [7, 11) is 0. The molecule has 1 saturated carbocycles. The van der Waals surface area contributed by atoms with Crippen LogP contribution in [0.1, 0.15) is 52.9 Å². The van der Waals surface area contributed by atoms with E-state index in [1.807, 2.05) is 20.8 Å². The quantitative estimate of drug-likeness (QED) is 0.817. The van der Waals surface area contributed by atoms with Crippen LogP contribution in [0.25, 0.3) is 0 Å². The third kappa shape index (κ3) is 4.13. The molecule has 0 radical (unpaired) electrons. The van der Waals surface area contributed by atoms with Crippen LogP contribution in [0.15, 0.2) is 0 Å². The monoisotopic (exact) mass is 309 g/mol. The number of ether oxygens (including phenoxy) is 1. The summed E-state index contributed by atoms with van der Waals surface area (Å²) in [5.41, 5.74) is -0.428. The van der Waals surface area contributed by atoms with Crippen LogP contribution < -0.4 is 10.6 Å². The lowest BCUT2D eigenvalue weighted by molar-refractivity contribution is 0.0519. The van der Waals surface area contributed by atoms with Gasteiger partial charge in [0, 0.05) is 31.2 Å². The van der Waals surface area contributed by atoms with Crippen molar-refractivity contribution in [1.82, 2.24) is 15.5 Å². The summed E-state index contributed by atoms with van der Waals surface area (Å²) in [6.45, 7) is 8.89. The fourth-order valence-corrected chi connectivity index (χ4v) is 3.92. The van der Waals surface area contributed by atoms with Gasteiger partial charge in [-0.2, -0.15) is 0 Å². The number of rotatable bonds is 5. The van der Waals surface area contributed by atoms with E-state index in [9.17, 15) is 4.79 Å². The van der Waals surface area contributed by atoms with E-state index < -0.39 is 5.60 Å². The first-order valence-electron chi connectivity index (χ1n) is 8.89. The highest BCUT2D eigenvalue weighted by atomic mass is 16.6. The maximum Gasteiger partial charge on any atom is 0.407 e. The van der Waals surface area contributed by atoms with Gasteiger partial charge in [0.1, 0.15) is 5.60 Å². The summed E-state index contributed by atoms with van der Waals surface area (Å²) < 4.78 is 5.34. The van der Waals surface area contributed by atoms with E-state index in [0.717, 1.165) is 12.0 Å². The molecule has 0 bridgehead atoms. The van der Waals surface area contributed by atoms with Crippen LogP contribution in [0, 0.1) is 5.92 Å². The molecular weight excluding hydrogens is 278 g/mol. The number of amides is 1. The molecule has 2 heterocycles. The van der Waals surface area contributed by atoms with E-state index in [-0.39, 0.29) is 6.09 Å². The third-order valence-corrected chi connectivity index (χ3v) is 5.09. The highest BCUT2D eigenvalue weighted by molar-refractivity contribution is 5.67. The molecule has 5 nitrogen and oxygen atoms in total. The molecule has 0 aromatic carbocycles. The number of nitrogens with one attached hydrogen (secondary N) is 2. The number of hydrogen-bond donors (Lipinski definition) is 2. The standard InChI is InChI=1S/C17H31N3O2/c1-17(2,3)22-16(21)18-11-14(12-6-7-12)19-13-8-10-20-9-4-5-15(13)20/h12-15,19H,4-11H2,1-3H3,(H,18,21). The average molecular weight is 309 g/mol. The second-order valence-electron chi connectivity index (χ2n) is 8.13. The molecule has 2 aliphatic heterocycles. The van der Waals surface area contributed by atoms with Crippen LogP contribution in [0.5, 0.6) is 0 Å². The second-order valence-corrected chi connectivity index (χ2v) is 8.13. The zero-order chi connectivity index (χ0) is 15.7. The summed E-state index contributed by atoms with van der Waals surface area (Å²) in [4.78, 5) is 14.5. The fourth-order valence-electron chi connectivity index (χ4n) is 3.92. The second kappa shape index (κ2) is 6.36. The molecule has 3 aliphatic rings. The number of fused-ring (bicyclic) bond motifs is 1. The zero-order valence-electron chi connectivity index (χ0n) is 14.2. The van der Waals surface area contributed by atoms with E-state index in [1.165, 1.54) is 45.2 Å². The highest BCUT2D eigenvalue weighted by Crippen LogP contribution is 2.35. The molecule has 3 unspecified atom stereocenters. The molecule has 0 spiro atoms. The first-order chi connectivity index (χ1) is 10.4. The van der Waals surface area contributed by atoms with Gasteiger partial charge < -0.3 is 15.4 Å². The molecule has 22 heavy (non-hydrogen) atoms. The van der Waals surface area contributed by atoms with Crippen molar-refractivity contribution in [1.29, 1.82) is 0 Å². The summed E-state index contributed by atoms with van der Waals surface area (Å²) >= 11 is 0. The lowest BCUT2D eigenvalue weighted by Crippen LogP contribution is -2.50. The first kappa shape index (κ1) is 16.1. The summed E-state index contributed by atoms with van der Waals surface area (Å²) in [5.74, 6) is 0.727. The molecule has 3 fully saturated rings. The Hall–Kier alpha value is -0.810. The van der Waals surface area contributed by atoms with Crippen molar-refractivity contribution in [2.45, 2.75) is 76.6 Å². The van der Waals surface area contributed by atoms with Crippen LogP contribution >= 0.6 is 0 Å². The normalized spacial score (nSPS) is 30.1.